The number of carbonyl (C=O) groups excluding carboxylic acids is 2. The summed E-state index contributed by atoms with van der Waals surface area (Å²) in [5.41, 5.74) is 1.80. The van der Waals surface area contributed by atoms with E-state index in [0.717, 1.165) is 11.1 Å². The Morgan fingerprint density at radius 2 is 1.70 bits per heavy atom. The minimum absolute atomic E-state index is 0.0873. The van der Waals surface area contributed by atoms with Crippen LogP contribution in [0.4, 0.5) is 0 Å². The standard InChI is InChI=1S/C22H25NO4/c1-15(2)22(25)27-19-12-10-17(14-20(19)26-4)11-13-21(24)23-16(3)18-8-6-5-7-9-18/h5-16H,1-4H3,(H,23,24)/b13-11+/t16-/m1/s1. The second-order valence-corrected chi connectivity index (χ2v) is 6.46. The van der Waals surface area contributed by atoms with Crippen LogP contribution in [0.5, 0.6) is 11.5 Å². The zero-order valence-electron chi connectivity index (χ0n) is 16.1. The van der Waals surface area contributed by atoms with E-state index in [9.17, 15) is 9.59 Å². The lowest BCUT2D eigenvalue weighted by molar-refractivity contribution is -0.137. The third kappa shape index (κ3) is 5.99. The lowest BCUT2D eigenvalue weighted by Gasteiger charge is -2.13. The van der Waals surface area contributed by atoms with Crippen molar-refractivity contribution in [3.63, 3.8) is 0 Å². The van der Waals surface area contributed by atoms with Crippen molar-refractivity contribution in [1.82, 2.24) is 5.32 Å². The van der Waals surface area contributed by atoms with Gasteiger partial charge >= 0.3 is 5.97 Å². The van der Waals surface area contributed by atoms with E-state index in [-0.39, 0.29) is 23.8 Å². The number of rotatable bonds is 7. The Kier molecular flexibility index (Phi) is 7.17. The van der Waals surface area contributed by atoms with Crippen molar-refractivity contribution in [1.29, 1.82) is 0 Å². The molecule has 0 bridgehead atoms. The van der Waals surface area contributed by atoms with Crippen molar-refractivity contribution in [3.8, 4) is 11.5 Å². The van der Waals surface area contributed by atoms with Crippen LogP contribution in [0.3, 0.4) is 0 Å². The molecule has 0 fully saturated rings. The second-order valence-electron chi connectivity index (χ2n) is 6.46. The summed E-state index contributed by atoms with van der Waals surface area (Å²) in [5, 5.41) is 2.92. The van der Waals surface area contributed by atoms with Crippen molar-refractivity contribution in [3.05, 3.63) is 65.7 Å². The molecule has 1 amide bonds. The van der Waals surface area contributed by atoms with Gasteiger partial charge < -0.3 is 14.8 Å². The van der Waals surface area contributed by atoms with Crippen molar-refractivity contribution in [2.24, 2.45) is 5.92 Å². The number of ether oxygens (including phenoxy) is 2. The summed E-state index contributed by atoms with van der Waals surface area (Å²) < 4.78 is 10.6. The van der Waals surface area contributed by atoms with Crippen molar-refractivity contribution < 1.29 is 19.1 Å². The molecule has 2 aromatic carbocycles. The predicted octanol–water partition coefficient (Wildman–Crippen LogP) is 4.15. The maximum Gasteiger partial charge on any atom is 0.313 e. The summed E-state index contributed by atoms with van der Waals surface area (Å²) >= 11 is 0. The Hall–Kier alpha value is -3.08. The second kappa shape index (κ2) is 9.57. The van der Waals surface area contributed by atoms with Gasteiger partial charge in [0.15, 0.2) is 11.5 Å². The zero-order valence-corrected chi connectivity index (χ0v) is 16.1. The average molecular weight is 367 g/mol. The lowest BCUT2D eigenvalue weighted by atomic mass is 10.1. The molecule has 0 aromatic heterocycles. The molecule has 1 atom stereocenters. The third-order valence-electron chi connectivity index (χ3n) is 3.96. The molecule has 0 saturated heterocycles. The molecule has 0 saturated carbocycles. The molecule has 0 heterocycles. The minimum Gasteiger partial charge on any atom is -0.493 e. The monoisotopic (exact) mass is 367 g/mol. The first-order chi connectivity index (χ1) is 12.9. The number of hydrogen-bond acceptors (Lipinski definition) is 4. The lowest BCUT2D eigenvalue weighted by Crippen LogP contribution is -2.24. The Morgan fingerprint density at radius 1 is 1.00 bits per heavy atom. The van der Waals surface area contributed by atoms with Crippen LogP contribution in [-0.2, 0) is 9.59 Å². The number of methoxy groups -OCH3 is 1. The topological polar surface area (TPSA) is 64.6 Å². The highest BCUT2D eigenvalue weighted by Gasteiger charge is 2.13. The van der Waals surface area contributed by atoms with Crippen molar-refractivity contribution in [2.75, 3.05) is 7.11 Å². The van der Waals surface area contributed by atoms with Crippen LogP contribution in [0.25, 0.3) is 6.08 Å². The molecule has 0 aliphatic heterocycles. The minimum atomic E-state index is -0.328. The summed E-state index contributed by atoms with van der Waals surface area (Å²) in [6, 6.07) is 14.8. The van der Waals surface area contributed by atoms with Gasteiger partial charge in [0.2, 0.25) is 5.91 Å². The van der Waals surface area contributed by atoms with E-state index < -0.39 is 0 Å². The van der Waals surface area contributed by atoms with E-state index in [4.69, 9.17) is 9.47 Å². The summed E-state index contributed by atoms with van der Waals surface area (Å²) in [5.74, 6) is 0.0378. The maximum atomic E-state index is 12.1. The molecule has 0 radical (unpaired) electrons. The Bertz CT molecular complexity index is 812. The van der Waals surface area contributed by atoms with E-state index >= 15 is 0 Å². The van der Waals surface area contributed by atoms with Gasteiger partial charge in [-0.1, -0.05) is 50.2 Å². The van der Waals surface area contributed by atoms with Crippen molar-refractivity contribution in [2.45, 2.75) is 26.8 Å². The van der Waals surface area contributed by atoms with Gasteiger partial charge in [0.25, 0.3) is 0 Å². The van der Waals surface area contributed by atoms with Gasteiger partial charge in [-0.3, -0.25) is 9.59 Å². The molecule has 1 N–H and O–H groups in total. The Balaban J connectivity index is 2.03. The van der Waals surface area contributed by atoms with E-state index in [1.165, 1.54) is 13.2 Å². The highest BCUT2D eigenvalue weighted by atomic mass is 16.6. The molecular weight excluding hydrogens is 342 g/mol. The molecule has 0 unspecified atom stereocenters. The Morgan fingerprint density at radius 3 is 2.33 bits per heavy atom. The van der Waals surface area contributed by atoms with Gasteiger partial charge in [-0.15, -0.1) is 0 Å². The van der Waals surface area contributed by atoms with Crippen molar-refractivity contribution >= 4 is 18.0 Å². The summed E-state index contributed by atoms with van der Waals surface area (Å²) in [7, 11) is 1.50. The first-order valence-corrected chi connectivity index (χ1v) is 8.84. The summed E-state index contributed by atoms with van der Waals surface area (Å²) in [6.45, 7) is 5.46. The van der Waals surface area contributed by atoms with Crippen LogP contribution in [0.1, 0.15) is 37.9 Å². The summed E-state index contributed by atoms with van der Waals surface area (Å²) in [4.78, 5) is 23.9. The number of carbonyl (C=O) groups is 2. The first kappa shape index (κ1) is 20.2. The number of benzene rings is 2. The third-order valence-corrected chi connectivity index (χ3v) is 3.96. The quantitative estimate of drug-likeness (QED) is 0.454. The van der Waals surface area contributed by atoms with E-state index in [0.29, 0.717) is 11.5 Å². The molecule has 5 heteroatoms. The first-order valence-electron chi connectivity index (χ1n) is 8.84. The number of esters is 1. The molecule has 2 rings (SSSR count). The average Bonchev–Trinajstić information content (AvgIpc) is 2.67. The van der Waals surface area contributed by atoms with Gasteiger partial charge in [0.05, 0.1) is 19.1 Å². The van der Waals surface area contributed by atoms with Crippen LogP contribution in [-0.4, -0.2) is 19.0 Å². The molecule has 5 nitrogen and oxygen atoms in total. The van der Waals surface area contributed by atoms with E-state index in [2.05, 4.69) is 5.32 Å². The number of nitrogens with one attached hydrogen (secondary N) is 1. The van der Waals surface area contributed by atoms with Crippen LogP contribution < -0.4 is 14.8 Å². The molecule has 142 valence electrons. The van der Waals surface area contributed by atoms with Crippen LogP contribution in [0, 0.1) is 5.92 Å². The van der Waals surface area contributed by atoms with Gasteiger partial charge in [-0.05, 0) is 36.3 Å². The molecule has 2 aromatic rings. The fraction of sp³-hybridized carbons (Fsp3) is 0.273. The van der Waals surface area contributed by atoms with E-state index in [1.54, 1.807) is 38.1 Å². The largest absolute Gasteiger partial charge is 0.493 e. The highest BCUT2D eigenvalue weighted by Crippen LogP contribution is 2.29. The van der Waals surface area contributed by atoms with Crippen LogP contribution in [0.15, 0.2) is 54.6 Å². The molecule has 0 aliphatic carbocycles. The zero-order chi connectivity index (χ0) is 19.8. The molecule has 27 heavy (non-hydrogen) atoms. The van der Waals surface area contributed by atoms with Crippen LogP contribution >= 0.6 is 0 Å². The maximum absolute atomic E-state index is 12.1. The van der Waals surface area contributed by atoms with Crippen LogP contribution in [0.2, 0.25) is 0 Å². The van der Waals surface area contributed by atoms with Gasteiger partial charge in [0.1, 0.15) is 0 Å². The molecule has 0 spiro atoms. The SMILES string of the molecule is COc1cc(/C=C/C(=O)N[C@H](C)c2ccccc2)ccc1OC(=O)C(C)C. The normalized spacial score (nSPS) is 12.0. The van der Waals surface area contributed by atoms with Gasteiger partial charge in [-0.25, -0.2) is 0 Å². The smallest absolute Gasteiger partial charge is 0.313 e. The number of amides is 1. The fourth-order valence-corrected chi connectivity index (χ4v) is 2.36. The van der Waals surface area contributed by atoms with Gasteiger partial charge in [-0.2, -0.15) is 0 Å². The number of hydrogen-bond donors (Lipinski definition) is 1. The Labute approximate surface area is 160 Å². The summed E-state index contributed by atoms with van der Waals surface area (Å²) in [6.07, 6.45) is 3.15. The molecular formula is C22H25NO4. The molecule has 0 aliphatic rings. The van der Waals surface area contributed by atoms with Gasteiger partial charge in [0, 0.05) is 6.08 Å². The fourth-order valence-electron chi connectivity index (χ4n) is 2.36. The van der Waals surface area contributed by atoms with E-state index in [1.807, 2.05) is 37.3 Å². The predicted molar refractivity (Wildman–Crippen MR) is 106 cm³/mol. The highest BCUT2D eigenvalue weighted by molar-refractivity contribution is 5.92.